The Morgan fingerprint density at radius 2 is 2.09 bits per heavy atom. The summed E-state index contributed by atoms with van der Waals surface area (Å²) in [7, 11) is 0. The van der Waals surface area contributed by atoms with Crippen LogP contribution in [0.3, 0.4) is 0 Å². The van der Waals surface area contributed by atoms with Crippen LogP contribution in [0.25, 0.3) is 11.0 Å². The van der Waals surface area contributed by atoms with Crippen LogP contribution in [-0.4, -0.2) is 22.6 Å². The van der Waals surface area contributed by atoms with E-state index in [1.54, 1.807) is 0 Å². The van der Waals surface area contributed by atoms with Crippen molar-refractivity contribution >= 4 is 17.4 Å². The van der Waals surface area contributed by atoms with Gasteiger partial charge in [0.05, 0.1) is 24.1 Å². The van der Waals surface area contributed by atoms with Crippen molar-refractivity contribution in [3.05, 3.63) is 59.9 Å². The number of imidazole rings is 1. The van der Waals surface area contributed by atoms with Crippen molar-refractivity contribution in [1.29, 1.82) is 0 Å². The lowest BCUT2D eigenvalue weighted by molar-refractivity contribution is -0.109. The summed E-state index contributed by atoms with van der Waals surface area (Å²) >= 11 is 0. The van der Waals surface area contributed by atoms with Gasteiger partial charge in [0.2, 0.25) is 6.41 Å². The molecule has 0 saturated carbocycles. The number of hydrogen-bond donors (Lipinski definition) is 1. The van der Waals surface area contributed by atoms with Gasteiger partial charge in [-0.2, -0.15) is 0 Å². The minimum absolute atomic E-state index is 0.405. The maximum atomic E-state index is 10.6. The Kier molecular flexibility index (Phi) is 4.57. The van der Waals surface area contributed by atoms with Crippen molar-refractivity contribution in [1.82, 2.24) is 14.9 Å². The second-order valence-corrected chi connectivity index (χ2v) is 5.33. The normalized spacial score (nSPS) is 10.7. The fourth-order valence-electron chi connectivity index (χ4n) is 2.60. The summed E-state index contributed by atoms with van der Waals surface area (Å²) in [6.07, 6.45) is 0.687. The summed E-state index contributed by atoms with van der Waals surface area (Å²) in [6.45, 7) is 3.66. The van der Waals surface area contributed by atoms with Crippen LogP contribution in [-0.2, 0) is 17.9 Å². The number of ether oxygens (including phenoxy) is 1. The third-order valence-electron chi connectivity index (χ3n) is 3.65. The smallest absolute Gasteiger partial charge is 0.207 e. The molecule has 0 aliphatic carbocycles. The van der Waals surface area contributed by atoms with Gasteiger partial charge in [-0.15, -0.1) is 0 Å². The van der Waals surface area contributed by atoms with E-state index in [-0.39, 0.29) is 0 Å². The van der Waals surface area contributed by atoms with Gasteiger partial charge in [0, 0.05) is 0 Å². The molecule has 0 radical (unpaired) electrons. The average Bonchev–Trinajstić information content (AvgIpc) is 2.91. The van der Waals surface area contributed by atoms with E-state index in [2.05, 4.69) is 14.9 Å². The lowest BCUT2D eigenvalue weighted by Crippen LogP contribution is -2.17. The molecule has 0 unspecified atom stereocenters. The standard InChI is InChI=1S/C18H19N3O2/c1-14-5-4-6-15(11-14)23-10-9-21-17-8-3-2-7-16(17)20-18(21)12-19-13-22/h2-8,11,13H,9-10,12H2,1H3,(H,19,22). The van der Waals surface area contributed by atoms with Crippen molar-refractivity contribution < 1.29 is 9.53 Å². The molecule has 0 spiro atoms. The molecular weight excluding hydrogens is 290 g/mol. The molecule has 5 nitrogen and oxygen atoms in total. The number of benzene rings is 2. The number of carbonyl (C=O) groups excluding carboxylic acids is 1. The number of nitrogens with one attached hydrogen (secondary N) is 1. The zero-order valence-electron chi connectivity index (χ0n) is 13.0. The highest BCUT2D eigenvalue weighted by Crippen LogP contribution is 2.17. The molecule has 3 aromatic rings. The molecule has 0 aliphatic heterocycles. The van der Waals surface area contributed by atoms with Crippen molar-refractivity contribution in [2.75, 3.05) is 6.61 Å². The number of rotatable bonds is 7. The van der Waals surface area contributed by atoms with E-state index in [4.69, 9.17) is 4.74 Å². The van der Waals surface area contributed by atoms with Crippen molar-refractivity contribution in [3.8, 4) is 5.75 Å². The minimum Gasteiger partial charge on any atom is -0.492 e. The van der Waals surface area contributed by atoms with E-state index in [1.807, 2.05) is 55.5 Å². The Labute approximate surface area is 134 Å². The van der Waals surface area contributed by atoms with Gasteiger partial charge in [0.25, 0.3) is 0 Å². The third kappa shape index (κ3) is 3.51. The molecule has 3 rings (SSSR count). The largest absolute Gasteiger partial charge is 0.492 e. The highest BCUT2D eigenvalue weighted by Gasteiger charge is 2.10. The Balaban J connectivity index is 1.76. The molecule has 0 atom stereocenters. The van der Waals surface area contributed by atoms with Crippen molar-refractivity contribution in [2.45, 2.75) is 20.0 Å². The lowest BCUT2D eigenvalue weighted by Gasteiger charge is -2.11. The van der Waals surface area contributed by atoms with Gasteiger partial charge in [-0.25, -0.2) is 4.98 Å². The first-order valence-electron chi connectivity index (χ1n) is 7.58. The Bertz CT molecular complexity index is 811. The van der Waals surface area contributed by atoms with Crippen molar-refractivity contribution in [2.24, 2.45) is 0 Å². The van der Waals surface area contributed by atoms with Crippen LogP contribution >= 0.6 is 0 Å². The van der Waals surface area contributed by atoms with Gasteiger partial charge >= 0.3 is 0 Å². The molecule has 0 fully saturated rings. The molecule has 1 heterocycles. The molecule has 1 N–H and O–H groups in total. The number of amides is 1. The second-order valence-electron chi connectivity index (χ2n) is 5.33. The first-order valence-corrected chi connectivity index (χ1v) is 7.58. The summed E-state index contributed by atoms with van der Waals surface area (Å²) in [5, 5.41) is 2.68. The predicted octanol–water partition coefficient (Wildman–Crippen LogP) is 2.67. The first-order chi connectivity index (χ1) is 11.3. The third-order valence-corrected chi connectivity index (χ3v) is 3.65. The molecule has 0 bridgehead atoms. The van der Waals surface area contributed by atoms with Crippen LogP contribution in [0.15, 0.2) is 48.5 Å². The number of para-hydroxylation sites is 2. The van der Waals surface area contributed by atoms with E-state index in [0.717, 1.165) is 22.6 Å². The highest BCUT2D eigenvalue weighted by atomic mass is 16.5. The van der Waals surface area contributed by atoms with E-state index >= 15 is 0 Å². The molecule has 5 heteroatoms. The Hall–Kier alpha value is -2.82. The van der Waals surface area contributed by atoms with Gasteiger partial charge in [0.1, 0.15) is 18.2 Å². The molecule has 0 saturated heterocycles. The number of carbonyl (C=O) groups is 1. The molecule has 23 heavy (non-hydrogen) atoms. The molecule has 0 aliphatic rings. The van der Waals surface area contributed by atoms with Crippen LogP contribution in [0.1, 0.15) is 11.4 Å². The maximum absolute atomic E-state index is 10.6. The van der Waals surface area contributed by atoms with Gasteiger partial charge in [-0.05, 0) is 36.8 Å². The van der Waals surface area contributed by atoms with Gasteiger partial charge in [-0.1, -0.05) is 24.3 Å². The summed E-state index contributed by atoms with van der Waals surface area (Å²) in [4.78, 5) is 15.1. The number of aromatic nitrogens is 2. The molecule has 118 valence electrons. The van der Waals surface area contributed by atoms with Gasteiger partial charge < -0.3 is 14.6 Å². The zero-order valence-corrected chi connectivity index (χ0v) is 13.0. The predicted molar refractivity (Wildman–Crippen MR) is 89.3 cm³/mol. The van der Waals surface area contributed by atoms with E-state index < -0.39 is 0 Å². The maximum Gasteiger partial charge on any atom is 0.207 e. The highest BCUT2D eigenvalue weighted by molar-refractivity contribution is 5.75. The number of hydrogen-bond acceptors (Lipinski definition) is 3. The van der Waals surface area contributed by atoms with Crippen LogP contribution < -0.4 is 10.1 Å². The van der Waals surface area contributed by atoms with Crippen LogP contribution in [0.2, 0.25) is 0 Å². The van der Waals surface area contributed by atoms with Crippen LogP contribution in [0.5, 0.6) is 5.75 Å². The fourth-order valence-corrected chi connectivity index (χ4v) is 2.60. The molecular formula is C18H19N3O2. The van der Waals surface area contributed by atoms with Crippen LogP contribution in [0, 0.1) is 6.92 Å². The quantitative estimate of drug-likeness (QED) is 0.683. The van der Waals surface area contributed by atoms with Crippen LogP contribution in [0.4, 0.5) is 0 Å². The Morgan fingerprint density at radius 3 is 2.91 bits per heavy atom. The molecule has 1 amide bonds. The number of fused-ring (bicyclic) bond motifs is 1. The summed E-state index contributed by atoms with van der Waals surface area (Å²) in [5.41, 5.74) is 3.14. The number of nitrogens with zero attached hydrogens (tertiary/aromatic N) is 2. The molecule has 1 aromatic heterocycles. The summed E-state index contributed by atoms with van der Waals surface area (Å²) in [5.74, 6) is 1.69. The monoisotopic (exact) mass is 309 g/mol. The van der Waals surface area contributed by atoms with Crippen molar-refractivity contribution in [3.63, 3.8) is 0 Å². The van der Waals surface area contributed by atoms with Gasteiger partial charge in [0.15, 0.2) is 0 Å². The Morgan fingerprint density at radius 1 is 1.22 bits per heavy atom. The topological polar surface area (TPSA) is 56.1 Å². The van der Waals surface area contributed by atoms with E-state index in [1.165, 1.54) is 5.56 Å². The SMILES string of the molecule is Cc1cccc(OCCn2c(CNC=O)nc3ccccc32)c1. The second kappa shape index (κ2) is 6.96. The summed E-state index contributed by atoms with van der Waals surface area (Å²) in [6, 6.07) is 15.9. The first kappa shape index (κ1) is 15.1. The number of aryl methyl sites for hydroxylation is 1. The lowest BCUT2D eigenvalue weighted by atomic mass is 10.2. The summed E-state index contributed by atoms with van der Waals surface area (Å²) < 4.78 is 7.91. The van der Waals surface area contributed by atoms with Gasteiger partial charge in [-0.3, -0.25) is 4.79 Å². The average molecular weight is 309 g/mol. The minimum atomic E-state index is 0.405. The fraction of sp³-hybridized carbons (Fsp3) is 0.222. The molecule has 2 aromatic carbocycles. The zero-order chi connectivity index (χ0) is 16.1. The van der Waals surface area contributed by atoms with E-state index in [9.17, 15) is 4.79 Å². The van der Waals surface area contributed by atoms with E-state index in [0.29, 0.717) is 26.1 Å².